The standard InChI is InChI=1S/C32H43N5O6/c1-7-9-15-42-30(41)26-25-28(39)37(22(18-38)16-20(3)4)27(32(25)17-21(5)31(26,6)43-32)29(40)35(14-8-2)19-36-24-13-11-10-12-23(24)33-34-36/h7-8,10-13,20-22,25-27,38H,1-2,9,14-19H2,3-6H3/t21?,22-,25+,26+,27?,31-,32?/m1/s1. The maximum Gasteiger partial charge on any atom is 0.312 e. The molecule has 11 heteroatoms. The molecule has 1 aromatic carbocycles. The third-order valence-corrected chi connectivity index (χ3v) is 9.54. The Kier molecular flexibility index (Phi) is 8.50. The molecule has 1 aromatic heterocycles. The first-order valence-corrected chi connectivity index (χ1v) is 15.1. The Morgan fingerprint density at radius 3 is 2.70 bits per heavy atom. The number of fused-ring (bicyclic) bond motifs is 2. The number of carbonyl (C=O) groups is 3. The molecule has 43 heavy (non-hydrogen) atoms. The third-order valence-electron chi connectivity index (χ3n) is 9.54. The first-order chi connectivity index (χ1) is 20.5. The number of carbonyl (C=O) groups excluding carboxylic acids is 3. The number of para-hydroxylation sites is 1. The summed E-state index contributed by atoms with van der Waals surface area (Å²) in [6.45, 7) is 15.5. The summed E-state index contributed by atoms with van der Waals surface area (Å²) in [7, 11) is 0. The van der Waals surface area contributed by atoms with Gasteiger partial charge in [-0.3, -0.25) is 14.4 Å². The molecule has 5 rings (SSSR count). The highest BCUT2D eigenvalue weighted by molar-refractivity contribution is 5.98. The van der Waals surface area contributed by atoms with Crippen LogP contribution >= 0.6 is 0 Å². The van der Waals surface area contributed by atoms with Gasteiger partial charge in [-0.05, 0) is 50.2 Å². The SMILES string of the molecule is C=CCCOC(=O)[C@@H]1[C@H]2C(=O)N([C@@H](CO)CC(C)C)C(C(=O)N(CC=C)Cn3nnc4ccccc43)C23CC(C)[C@@]1(C)O3. The Morgan fingerprint density at radius 2 is 2.02 bits per heavy atom. The molecule has 3 aliphatic heterocycles. The van der Waals surface area contributed by atoms with E-state index in [9.17, 15) is 19.5 Å². The van der Waals surface area contributed by atoms with E-state index in [4.69, 9.17) is 9.47 Å². The topological polar surface area (TPSA) is 127 Å². The number of aliphatic hydroxyl groups excluding tert-OH is 1. The molecule has 0 radical (unpaired) electrons. The maximum absolute atomic E-state index is 14.8. The van der Waals surface area contributed by atoms with Crippen LogP contribution in [0.15, 0.2) is 49.6 Å². The van der Waals surface area contributed by atoms with Crippen molar-refractivity contribution in [1.82, 2.24) is 24.8 Å². The number of ether oxygens (including phenoxy) is 2. The molecule has 0 saturated carbocycles. The van der Waals surface area contributed by atoms with Gasteiger partial charge in [-0.25, -0.2) is 4.68 Å². The first kappa shape index (κ1) is 30.9. The van der Waals surface area contributed by atoms with Crippen molar-refractivity contribution in [2.45, 2.75) is 76.9 Å². The zero-order chi connectivity index (χ0) is 31.1. The highest BCUT2D eigenvalue weighted by Crippen LogP contribution is 2.65. The van der Waals surface area contributed by atoms with E-state index in [0.717, 1.165) is 5.52 Å². The number of esters is 1. The lowest BCUT2D eigenvalue weighted by Crippen LogP contribution is -2.59. The van der Waals surface area contributed by atoms with Crippen molar-refractivity contribution >= 4 is 28.8 Å². The smallest absolute Gasteiger partial charge is 0.312 e. The minimum atomic E-state index is -1.27. The van der Waals surface area contributed by atoms with Crippen molar-refractivity contribution in [2.75, 3.05) is 19.8 Å². The molecule has 232 valence electrons. The Morgan fingerprint density at radius 1 is 1.28 bits per heavy atom. The predicted molar refractivity (Wildman–Crippen MR) is 159 cm³/mol. The zero-order valence-corrected chi connectivity index (χ0v) is 25.5. The summed E-state index contributed by atoms with van der Waals surface area (Å²) in [5, 5.41) is 19.1. The summed E-state index contributed by atoms with van der Waals surface area (Å²) < 4.78 is 14.1. The number of likely N-dealkylation sites (tertiary alicyclic amines) is 1. The summed E-state index contributed by atoms with van der Waals surface area (Å²) >= 11 is 0. The van der Waals surface area contributed by atoms with E-state index in [1.165, 1.54) is 4.90 Å². The van der Waals surface area contributed by atoms with Crippen LogP contribution in [0.3, 0.4) is 0 Å². The van der Waals surface area contributed by atoms with Gasteiger partial charge in [0.05, 0.1) is 36.3 Å². The molecular formula is C32H43N5O6. The van der Waals surface area contributed by atoms with Gasteiger partial charge in [0, 0.05) is 6.54 Å². The lowest BCUT2D eigenvalue weighted by molar-refractivity contribution is -0.164. The predicted octanol–water partition coefficient (Wildman–Crippen LogP) is 2.94. The lowest BCUT2D eigenvalue weighted by Gasteiger charge is -2.39. The van der Waals surface area contributed by atoms with Crippen molar-refractivity contribution in [3.63, 3.8) is 0 Å². The van der Waals surface area contributed by atoms with E-state index in [1.807, 2.05) is 52.0 Å². The zero-order valence-electron chi connectivity index (χ0n) is 25.5. The van der Waals surface area contributed by atoms with Crippen LogP contribution in [-0.2, 0) is 30.5 Å². The Labute approximate surface area is 252 Å². The largest absolute Gasteiger partial charge is 0.465 e. The number of hydrogen-bond acceptors (Lipinski definition) is 8. The molecule has 2 amide bonds. The molecule has 0 aliphatic carbocycles. The minimum Gasteiger partial charge on any atom is -0.465 e. The molecule has 4 heterocycles. The number of nitrogens with zero attached hydrogens (tertiary/aromatic N) is 5. The fourth-order valence-corrected chi connectivity index (χ4v) is 7.59. The van der Waals surface area contributed by atoms with Gasteiger partial charge in [0.1, 0.15) is 29.7 Å². The molecule has 3 aliphatic rings. The van der Waals surface area contributed by atoms with Gasteiger partial charge in [-0.15, -0.1) is 18.3 Å². The van der Waals surface area contributed by atoms with Gasteiger partial charge in [-0.1, -0.05) is 50.3 Å². The van der Waals surface area contributed by atoms with Crippen LogP contribution in [-0.4, -0.2) is 90.7 Å². The van der Waals surface area contributed by atoms with Crippen LogP contribution in [0.2, 0.25) is 0 Å². The van der Waals surface area contributed by atoms with E-state index >= 15 is 0 Å². The average molecular weight is 594 g/mol. The fraction of sp³-hybridized carbons (Fsp3) is 0.594. The first-order valence-electron chi connectivity index (χ1n) is 15.1. The highest BCUT2D eigenvalue weighted by atomic mass is 16.6. The second-order valence-electron chi connectivity index (χ2n) is 12.7. The second kappa shape index (κ2) is 11.8. The summed E-state index contributed by atoms with van der Waals surface area (Å²) in [6.07, 6.45) is 4.67. The molecule has 3 fully saturated rings. The second-order valence-corrected chi connectivity index (χ2v) is 12.7. The maximum atomic E-state index is 14.8. The van der Waals surface area contributed by atoms with Crippen LogP contribution in [0, 0.1) is 23.7 Å². The van der Waals surface area contributed by atoms with Crippen LogP contribution in [0.5, 0.6) is 0 Å². The number of rotatable bonds is 13. The molecular weight excluding hydrogens is 550 g/mol. The molecule has 7 atom stereocenters. The molecule has 11 nitrogen and oxygen atoms in total. The molecule has 1 N–H and O–H groups in total. The van der Waals surface area contributed by atoms with E-state index in [-0.39, 0.29) is 50.1 Å². The van der Waals surface area contributed by atoms with Gasteiger partial charge in [0.25, 0.3) is 0 Å². The van der Waals surface area contributed by atoms with Crippen LogP contribution in [0.4, 0.5) is 0 Å². The summed E-state index contributed by atoms with van der Waals surface area (Å²) in [4.78, 5) is 46.1. The van der Waals surface area contributed by atoms with Gasteiger partial charge in [0.2, 0.25) is 11.8 Å². The number of hydrogen-bond donors (Lipinski definition) is 1. The van der Waals surface area contributed by atoms with Crippen LogP contribution in [0.25, 0.3) is 11.0 Å². The lowest BCUT2D eigenvalue weighted by atomic mass is 9.62. The van der Waals surface area contributed by atoms with E-state index in [1.54, 1.807) is 21.7 Å². The average Bonchev–Trinajstić information content (AvgIpc) is 3.64. The van der Waals surface area contributed by atoms with E-state index < -0.39 is 41.1 Å². The molecule has 3 unspecified atom stereocenters. The molecule has 2 aromatic rings. The molecule has 2 bridgehead atoms. The van der Waals surface area contributed by atoms with Gasteiger partial charge < -0.3 is 24.4 Å². The van der Waals surface area contributed by atoms with Gasteiger partial charge in [-0.2, -0.15) is 0 Å². The highest BCUT2D eigenvalue weighted by Gasteiger charge is 2.80. The van der Waals surface area contributed by atoms with Gasteiger partial charge in [0.15, 0.2) is 0 Å². The van der Waals surface area contributed by atoms with E-state index in [0.29, 0.717) is 24.8 Å². The molecule has 1 spiro atoms. The van der Waals surface area contributed by atoms with Crippen molar-refractivity contribution in [3.8, 4) is 0 Å². The number of aliphatic hydroxyl groups is 1. The van der Waals surface area contributed by atoms with Gasteiger partial charge >= 0.3 is 5.97 Å². The number of amides is 2. The van der Waals surface area contributed by atoms with Crippen molar-refractivity contribution < 1.29 is 29.0 Å². The van der Waals surface area contributed by atoms with E-state index in [2.05, 4.69) is 23.5 Å². The fourth-order valence-electron chi connectivity index (χ4n) is 7.59. The van der Waals surface area contributed by atoms with Crippen LogP contribution in [0.1, 0.15) is 47.0 Å². The summed E-state index contributed by atoms with van der Waals surface area (Å²) in [5.74, 6) is -3.02. The molecule has 3 saturated heterocycles. The number of aromatic nitrogens is 3. The Hall–Kier alpha value is -3.57. The Bertz CT molecular complexity index is 1410. The number of benzene rings is 1. The third kappa shape index (κ3) is 4.96. The summed E-state index contributed by atoms with van der Waals surface area (Å²) in [5.41, 5.74) is -0.804. The normalized spacial score (nSPS) is 30.1. The van der Waals surface area contributed by atoms with Crippen LogP contribution < -0.4 is 0 Å². The van der Waals surface area contributed by atoms with Crippen molar-refractivity contribution in [1.29, 1.82) is 0 Å². The quantitative estimate of drug-likeness (QED) is 0.213. The van der Waals surface area contributed by atoms with Crippen molar-refractivity contribution in [3.05, 3.63) is 49.6 Å². The van der Waals surface area contributed by atoms with Crippen molar-refractivity contribution in [2.24, 2.45) is 23.7 Å². The minimum absolute atomic E-state index is 0.0679. The monoisotopic (exact) mass is 593 g/mol. The summed E-state index contributed by atoms with van der Waals surface area (Å²) in [6, 6.07) is 5.77. The Balaban J connectivity index is 1.59.